The minimum Gasteiger partial charge on any atom is -0.356 e. The molecule has 8 heteroatoms. The summed E-state index contributed by atoms with van der Waals surface area (Å²) >= 11 is 1.66. The molecule has 1 amide bonds. The molecule has 2 aromatic heterocycles. The normalized spacial score (nSPS) is 11.6. The highest BCUT2D eigenvalue weighted by atomic mass is 32.2. The molecule has 0 bridgehead atoms. The van der Waals surface area contributed by atoms with Crippen LogP contribution in [0.15, 0.2) is 39.1 Å². The highest BCUT2D eigenvalue weighted by molar-refractivity contribution is 7.91. The van der Waals surface area contributed by atoms with E-state index in [2.05, 4.69) is 10.5 Å². The molecule has 1 aromatic carbocycles. The average molecular weight is 447 g/mol. The van der Waals surface area contributed by atoms with Crippen LogP contribution in [-0.2, 0) is 21.1 Å². The van der Waals surface area contributed by atoms with Crippen LogP contribution in [0.3, 0.4) is 0 Å². The summed E-state index contributed by atoms with van der Waals surface area (Å²) in [5.74, 6) is 0.0594. The van der Waals surface area contributed by atoms with Crippen molar-refractivity contribution in [2.24, 2.45) is 0 Å². The predicted octanol–water partition coefficient (Wildman–Crippen LogP) is 4.16. The fraction of sp³-hybridized carbons (Fsp3) is 0.364. The van der Waals surface area contributed by atoms with Gasteiger partial charge in [-0.05, 0) is 62.8 Å². The average Bonchev–Trinajstić information content (AvgIpc) is 3.26. The van der Waals surface area contributed by atoms with Gasteiger partial charge in [-0.3, -0.25) is 4.79 Å². The molecule has 0 fully saturated rings. The van der Waals surface area contributed by atoms with Crippen LogP contribution in [0.2, 0.25) is 0 Å². The van der Waals surface area contributed by atoms with Crippen molar-refractivity contribution >= 4 is 27.1 Å². The van der Waals surface area contributed by atoms with E-state index in [1.807, 2.05) is 38.3 Å². The van der Waals surface area contributed by atoms with E-state index in [0.29, 0.717) is 23.4 Å². The Kier molecular flexibility index (Phi) is 6.77. The molecule has 0 radical (unpaired) electrons. The number of carbonyl (C=O) groups excluding carboxylic acids is 1. The lowest BCUT2D eigenvalue weighted by Crippen LogP contribution is -2.27. The van der Waals surface area contributed by atoms with E-state index in [9.17, 15) is 13.2 Å². The second-order valence-electron chi connectivity index (χ2n) is 7.40. The Morgan fingerprint density at radius 1 is 1.13 bits per heavy atom. The summed E-state index contributed by atoms with van der Waals surface area (Å²) in [6.45, 7) is 8.01. The first kappa shape index (κ1) is 22.2. The first-order chi connectivity index (χ1) is 14.2. The van der Waals surface area contributed by atoms with E-state index in [1.54, 1.807) is 30.4 Å². The van der Waals surface area contributed by atoms with E-state index in [-0.39, 0.29) is 23.0 Å². The van der Waals surface area contributed by atoms with Gasteiger partial charge in [0.15, 0.2) is 15.6 Å². The Balaban J connectivity index is 1.65. The van der Waals surface area contributed by atoms with E-state index >= 15 is 0 Å². The molecule has 0 aliphatic heterocycles. The SMILES string of the molecule is Cc1ccc(-c2onc(C)c2C)cc1S(=O)(=O)CCC(=O)NCCc1sccc1C. The van der Waals surface area contributed by atoms with Gasteiger partial charge < -0.3 is 9.84 Å². The third-order valence-corrected chi connectivity index (χ3v) is 8.12. The molecule has 30 heavy (non-hydrogen) atoms. The molecule has 0 aliphatic carbocycles. The van der Waals surface area contributed by atoms with E-state index in [0.717, 1.165) is 17.7 Å². The summed E-state index contributed by atoms with van der Waals surface area (Å²) in [6, 6.07) is 7.23. The Morgan fingerprint density at radius 2 is 1.90 bits per heavy atom. The molecule has 0 saturated carbocycles. The summed E-state index contributed by atoms with van der Waals surface area (Å²) in [4.78, 5) is 13.6. The number of benzene rings is 1. The molecule has 3 aromatic rings. The van der Waals surface area contributed by atoms with Gasteiger partial charge in [0.1, 0.15) is 0 Å². The summed E-state index contributed by atoms with van der Waals surface area (Å²) < 4.78 is 31.2. The molecular formula is C22H26N2O4S2. The van der Waals surface area contributed by atoms with Crippen LogP contribution in [0, 0.1) is 27.7 Å². The van der Waals surface area contributed by atoms with Gasteiger partial charge in [-0.15, -0.1) is 11.3 Å². The minimum atomic E-state index is -3.62. The number of amides is 1. The lowest BCUT2D eigenvalue weighted by Gasteiger charge is -2.10. The van der Waals surface area contributed by atoms with Gasteiger partial charge in [0.25, 0.3) is 0 Å². The summed E-state index contributed by atoms with van der Waals surface area (Å²) in [6.07, 6.45) is 0.676. The van der Waals surface area contributed by atoms with E-state index in [4.69, 9.17) is 4.52 Å². The molecule has 160 valence electrons. The smallest absolute Gasteiger partial charge is 0.221 e. The van der Waals surface area contributed by atoms with Gasteiger partial charge in [-0.1, -0.05) is 17.3 Å². The molecule has 6 nitrogen and oxygen atoms in total. The van der Waals surface area contributed by atoms with Crippen LogP contribution in [0.4, 0.5) is 0 Å². The zero-order valence-electron chi connectivity index (χ0n) is 17.6. The quantitative estimate of drug-likeness (QED) is 0.561. The summed E-state index contributed by atoms with van der Waals surface area (Å²) in [5.41, 5.74) is 4.16. The van der Waals surface area contributed by atoms with Crippen LogP contribution in [0.25, 0.3) is 11.3 Å². The largest absolute Gasteiger partial charge is 0.356 e. The second-order valence-corrected chi connectivity index (χ2v) is 10.5. The van der Waals surface area contributed by atoms with Crippen molar-refractivity contribution in [2.45, 2.75) is 45.4 Å². The topological polar surface area (TPSA) is 89.3 Å². The third kappa shape index (κ3) is 4.99. The Hall–Kier alpha value is -2.45. The lowest BCUT2D eigenvalue weighted by atomic mass is 10.1. The maximum atomic E-state index is 12.9. The number of hydrogen-bond donors (Lipinski definition) is 1. The third-order valence-electron chi connectivity index (χ3n) is 5.18. The van der Waals surface area contributed by atoms with Crippen molar-refractivity contribution in [1.82, 2.24) is 10.5 Å². The Morgan fingerprint density at radius 3 is 2.53 bits per heavy atom. The van der Waals surface area contributed by atoms with Crippen molar-refractivity contribution in [3.63, 3.8) is 0 Å². The summed E-state index contributed by atoms with van der Waals surface area (Å²) in [7, 11) is -3.62. The van der Waals surface area contributed by atoms with Crippen molar-refractivity contribution in [2.75, 3.05) is 12.3 Å². The number of thiophene rings is 1. The van der Waals surface area contributed by atoms with Crippen LogP contribution < -0.4 is 5.32 Å². The number of nitrogens with zero attached hydrogens (tertiary/aromatic N) is 1. The lowest BCUT2D eigenvalue weighted by molar-refractivity contribution is -0.120. The fourth-order valence-electron chi connectivity index (χ4n) is 3.16. The molecule has 1 N–H and O–H groups in total. The highest BCUT2D eigenvalue weighted by Crippen LogP contribution is 2.29. The van der Waals surface area contributed by atoms with E-state index in [1.165, 1.54) is 10.4 Å². The van der Waals surface area contributed by atoms with Crippen molar-refractivity contribution in [3.05, 3.63) is 56.9 Å². The van der Waals surface area contributed by atoms with Crippen molar-refractivity contribution in [1.29, 1.82) is 0 Å². The van der Waals surface area contributed by atoms with Gasteiger partial charge in [0.2, 0.25) is 5.91 Å². The second kappa shape index (κ2) is 9.14. The van der Waals surface area contributed by atoms with Crippen LogP contribution >= 0.6 is 11.3 Å². The predicted molar refractivity (Wildman–Crippen MR) is 119 cm³/mol. The number of aromatic nitrogens is 1. The molecular weight excluding hydrogens is 420 g/mol. The van der Waals surface area contributed by atoms with Crippen molar-refractivity contribution < 1.29 is 17.7 Å². The molecule has 3 rings (SSSR count). The Bertz CT molecular complexity index is 1160. The number of nitrogens with one attached hydrogen (secondary N) is 1. The zero-order chi connectivity index (χ0) is 21.9. The number of rotatable bonds is 8. The monoisotopic (exact) mass is 446 g/mol. The standard InChI is InChI=1S/C22H26N2O4S2/c1-14-8-11-29-19(14)7-10-23-21(25)9-12-30(26,27)20-13-18(6-5-15(20)2)22-16(3)17(4)24-28-22/h5-6,8,11,13H,7,9-10,12H2,1-4H3,(H,23,25). The maximum Gasteiger partial charge on any atom is 0.221 e. The molecule has 0 aliphatic rings. The first-order valence-corrected chi connectivity index (χ1v) is 12.3. The van der Waals surface area contributed by atoms with Crippen molar-refractivity contribution in [3.8, 4) is 11.3 Å². The molecule has 0 saturated heterocycles. The highest BCUT2D eigenvalue weighted by Gasteiger charge is 2.21. The molecule has 2 heterocycles. The van der Waals surface area contributed by atoms with Gasteiger partial charge in [-0.25, -0.2) is 8.42 Å². The van der Waals surface area contributed by atoms with E-state index < -0.39 is 9.84 Å². The summed E-state index contributed by atoms with van der Waals surface area (Å²) in [5, 5.41) is 8.78. The molecule has 0 spiro atoms. The Labute approximate surface area is 181 Å². The van der Waals surface area contributed by atoms with Gasteiger partial charge >= 0.3 is 0 Å². The molecule has 0 atom stereocenters. The van der Waals surface area contributed by atoms with Crippen LogP contribution in [-0.4, -0.2) is 31.8 Å². The number of carbonyl (C=O) groups is 1. The van der Waals surface area contributed by atoms with Gasteiger partial charge in [-0.2, -0.15) is 0 Å². The molecule has 0 unspecified atom stereocenters. The van der Waals surface area contributed by atoms with Crippen LogP contribution in [0.1, 0.15) is 33.7 Å². The zero-order valence-corrected chi connectivity index (χ0v) is 19.2. The van der Waals surface area contributed by atoms with Gasteiger partial charge in [0.05, 0.1) is 16.3 Å². The number of sulfone groups is 1. The maximum absolute atomic E-state index is 12.9. The fourth-order valence-corrected chi connectivity index (χ4v) is 5.61. The minimum absolute atomic E-state index is 0.0735. The first-order valence-electron chi connectivity index (χ1n) is 9.75. The number of aryl methyl sites for hydroxylation is 3. The number of hydrogen-bond acceptors (Lipinski definition) is 6. The van der Waals surface area contributed by atoms with Gasteiger partial charge in [0, 0.05) is 29.0 Å². The van der Waals surface area contributed by atoms with Crippen LogP contribution in [0.5, 0.6) is 0 Å².